The molecule has 386 valence electrons. The van der Waals surface area contributed by atoms with Crippen molar-refractivity contribution in [3.05, 3.63) is 36.5 Å². The molecule has 0 aliphatic heterocycles. The van der Waals surface area contributed by atoms with Gasteiger partial charge in [0.2, 0.25) is 0 Å². The monoisotopic (exact) mass is 955 g/mol. The van der Waals surface area contributed by atoms with Gasteiger partial charge < -0.3 is 24.2 Å². The molecule has 12 heteroatoms. The third-order valence-electron chi connectivity index (χ3n) is 11.5. The number of phosphoric ester groups is 1. The Bertz CT molecular complexity index is 1250. The van der Waals surface area contributed by atoms with Crippen molar-refractivity contribution in [3.8, 4) is 0 Å². The van der Waals surface area contributed by atoms with E-state index in [2.05, 4.69) is 57.2 Å². The van der Waals surface area contributed by atoms with Crippen molar-refractivity contribution >= 4 is 25.7 Å². The lowest BCUT2D eigenvalue weighted by molar-refractivity contribution is -0.161. The van der Waals surface area contributed by atoms with E-state index < -0.39 is 57.8 Å². The average molecular weight is 955 g/mol. The number of phosphoric acid groups is 1. The van der Waals surface area contributed by atoms with Gasteiger partial charge in [-0.3, -0.25) is 23.4 Å². The molecule has 11 nitrogen and oxygen atoms in total. The summed E-state index contributed by atoms with van der Waals surface area (Å²) in [4.78, 5) is 48.3. The normalized spacial score (nSPS) is 13.7. The first-order valence-electron chi connectivity index (χ1n) is 26.9. The summed E-state index contributed by atoms with van der Waals surface area (Å²) in [6.45, 7) is 4.56. The van der Waals surface area contributed by atoms with Crippen LogP contribution in [0, 0.1) is 0 Å². The quantitative estimate of drug-likeness (QED) is 0.0197. The van der Waals surface area contributed by atoms with Crippen LogP contribution in [0.25, 0.3) is 0 Å². The van der Waals surface area contributed by atoms with Gasteiger partial charge in [-0.15, -0.1) is 0 Å². The van der Waals surface area contributed by atoms with Gasteiger partial charge in [0, 0.05) is 19.3 Å². The van der Waals surface area contributed by atoms with Crippen LogP contribution in [0.15, 0.2) is 36.5 Å². The molecule has 3 unspecified atom stereocenters. The van der Waals surface area contributed by atoms with E-state index in [1.165, 1.54) is 89.9 Å². The maximum atomic E-state index is 12.8. The molecule has 0 rings (SSSR count). The maximum absolute atomic E-state index is 12.8. The Kier molecular flexibility index (Phi) is 47.4. The van der Waals surface area contributed by atoms with E-state index in [-0.39, 0.29) is 25.9 Å². The number of allylic oxidation sites excluding steroid dienone is 6. The summed E-state index contributed by atoms with van der Waals surface area (Å²) >= 11 is 0. The summed E-state index contributed by atoms with van der Waals surface area (Å²) < 4.78 is 39.4. The van der Waals surface area contributed by atoms with Crippen molar-refractivity contribution in [2.24, 2.45) is 0 Å². The zero-order valence-electron chi connectivity index (χ0n) is 42.4. The molecule has 0 aliphatic carbocycles. The molecule has 3 atom stereocenters. The first kappa shape index (κ1) is 63.7. The SMILES string of the molecule is CCCC/C=C\CCCCCCCC(=O)OCC(COP(=O)(O)OCC(CO)OC(=O)CCCCCCCCCCCCCCC)OC(=O)CCCCCCC/C=C\C/C=C\CCCCC. The molecule has 0 radical (unpaired) electrons. The van der Waals surface area contributed by atoms with Crippen LogP contribution in [-0.4, -0.2) is 66.5 Å². The number of hydrogen-bond acceptors (Lipinski definition) is 10. The fourth-order valence-electron chi connectivity index (χ4n) is 7.37. The Morgan fingerprint density at radius 1 is 0.424 bits per heavy atom. The van der Waals surface area contributed by atoms with E-state index in [0.717, 1.165) is 103 Å². The predicted molar refractivity (Wildman–Crippen MR) is 270 cm³/mol. The maximum Gasteiger partial charge on any atom is 0.472 e. The first-order valence-corrected chi connectivity index (χ1v) is 28.4. The van der Waals surface area contributed by atoms with Gasteiger partial charge in [0.05, 0.1) is 19.8 Å². The number of ether oxygens (including phenoxy) is 3. The molecule has 0 saturated heterocycles. The number of hydrogen-bond donors (Lipinski definition) is 2. The number of carbonyl (C=O) groups is 3. The minimum atomic E-state index is -4.74. The van der Waals surface area contributed by atoms with Crippen LogP contribution in [0.4, 0.5) is 0 Å². The number of unbranched alkanes of at least 4 members (excludes halogenated alkanes) is 27. The Labute approximate surface area is 403 Å². The van der Waals surface area contributed by atoms with Gasteiger partial charge in [-0.1, -0.05) is 198 Å². The van der Waals surface area contributed by atoms with Gasteiger partial charge in [0.15, 0.2) is 6.10 Å². The third-order valence-corrected chi connectivity index (χ3v) is 12.5. The summed E-state index contributed by atoms with van der Waals surface area (Å²) in [6, 6.07) is 0. The van der Waals surface area contributed by atoms with Crippen molar-refractivity contribution in [2.75, 3.05) is 26.4 Å². The Morgan fingerprint density at radius 2 is 0.758 bits per heavy atom. The highest BCUT2D eigenvalue weighted by Crippen LogP contribution is 2.43. The highest BCUT2D eigenvalue weighted by atomic mass is 31.2. The number of aliphatic hydroxyl groups is 1. The van der Waals surface area contributed by atoms with Crippen LogP contribution in [0.3, 0.4) is 0 Å². The van der Waals surface area contributed by atoms with Gasteiger partial charge in [-0.2, -0.15) is 0 Å². The molecule has 0 aromatic heterocycles. The Balaban J connectivity index is 4.73. The predicted octanol–water partition coefficient (Wildman–Crippen LogP) is 15.3. The third kappa shape index (κ3) is 46.8. The van der Waals surface area contributed by atoms with Gasteiger partial charge in [-0.05, 0) is 70.6 Å². The molecule has 0 aliphatic rings. The molecule has 0 fully saturated rings. The van der Waals surface area contributed by atoms with Gasteiger partial charge >= 0.3 is 25.7 Å². The van der Waals surface area contributed by atoms with Crippen LogP contribution < -0.4 is 0 Å². The summed E-state index contributed by atoms with van der Waals surface area (Å²) in [5, 5.41) is 9.78. The van der Waals surface area contributed by atoms with E-state index in [0.29, 0.717) is 19.3 Å². The Morgan fingerprint density at radius 3 is 1.21 bits per heavy atom. The molecule has 0 heterocycles. The summed E-state index contributed by atoms with van der Waals surface area (Å²) in [6.07, 6.45) is 48.2. The van der Waals surface area contributed by atoms with E-state index >= 15 is 0 Å². The van der Waals surface area contributed by atoms with E-state index in [1.54, 1.807) is 0 Å². The molecule has 0 aromatic carbocycles. The second-order valence-electron chi connectivity index (χ2n) is 18.0. The topological polar surface area (TPSA) is 155 Å². The summed E-state index contributed by atoms with van der Waals surface area (Å²) in [5.41, 5.74) is 0. The van der Waals surface area contributed by atoms with Crippen molar-refractivity contribution in [3.63, 3.8) is 0 Å². The van der Waals surface area contributed by atoms with Crippen molar-refractivity contribution in [1.29, 1.82) is 0 Å². The largest absolute Gasteiger partial charge is 0.472 e. The smallest absolute Gasteiger partial charge is 0.462 e. The molecule has 0 aromatic rings. The van der Waals surface area contributed by atoms with Crippen LogP contribution in [0.2, 0.25) is 0 Å². The number of esters is 3. The van der Waals surface area contributed by atoms with Crippen LogP contribution in [0.5, 0.6) is 0 Å². The zero-order chi connectivity index (χ0) is 48.4. The lowest BCUT2D eigenvalue weighted by atomic mass is 10.0. The molecule has 0 amide bonds. The van der Waals surface area contributed by atoms with Crippen LogP contribution >= 0.6 is 7.82 Å². The van der Waals surface area contributed by atoms with E-state index in [9.17, 15) is 28.9 Å². The molecular weight excluding hydrogens is 856 g/mol. The highest BCUT2D eigenvalue weighted by Gasteiger charge is 2.28. The van der Waals surface area contributed by atoms with Crippen LogP contribution in [0.1, 0.15) is 252 Å². The molecule has 0 bridgehead atoms. The minimum Gasteiger partial charge on any atom is -0.462 e. The standard InChI is InChI=1S/C54H99O11P/c1-4-7-10-13-16-19-22-24-25-27-30-33-36-39-42-45-54(58)65-51(47-61-52(56)43-40-37-34-31-28-21-18-15-12-9-6-3)49-63-66(59,60)62-48-50(46-55)64-53(57)44-41-38-35-32-29-26-23-20-17-14-11-8-5-2/h15-16,18-19,24-25,50-51,55H,4-14,17,20-23,26-49H2,1-3H3,(H,59,60)/b18-15-,19-16-,25-24-. The van der Waals surface area contributed by atoms with E-state index in [4.69, 9.17) is 23.3 Å². The van der Waals surface area contributed by atoms with E-state index in [1.807, 2.05) is 0 Å². The number of rotatable bonds is 50. The van der Waals surface area contributed by atoms with Crippen molar-refractivity contribution in [1.82, 2.24) is 0 Å². The molecule has 0 spiro atoms. The summed E-state index contributed by atoms with van der Waals surface area (Å²) in [7, 11) is -4.74. The minimum absolute atomic E-state index is 0.152. The average Bonchev–Trinajstić information content (AvgIpc) is 3.30. The molecule has 2 N–H and O–H groups in total. The van der Waals surface area contributed by atoms with Crippen LogP contribution in [-0.2, 0) is 42.2 Å². The number of aliphatic hydroxyl groups excluding tert-OH is 1. The Hall–Kier alpha value is -2.30. The fourth-order valence-corrected chi connectivity index (χ4v) is 8.15. The second-order valence-corrected chi connectivity index (χ2v) is 19.5. The van der Waals surface area contributed by atoms with Gasteiger partial charge in [0.25, 0.3) is 0 Å². The van der Waals surface area contributed by atoms with Crippen molar-refractivity contribution < 1.29 is 52.2 Å². The van der Waals surface area contributed by atoms with Gasteiger partial charge in [0.1, 0.15) is 12.7 Å². The molecule has 66 heavy (non-hydrogen) atoms. The molecular formula is C54H99O11P. The first-order chi connectivity index (χ1) is 32.2. The van der Waals surface area contributed by atoms with Gasteiger partial charge in [-0.25, -0.2) is 4.57 Å². The fraction of sp³-hybridized carbons (Fsp3) is 0.833. The lowest BCUT2D eigenvalue weighted by Gasteiger charge is -2.21. The zero-order valence-corrected chi connectivity index (χ0v) is 43.3. The molecule has 0 saturated carbocycles. The lowest BCUT2D eigenvalue weighted by Crippen LogP contribution is -2.30. The number of carbonyl (C=O) groups excluding carboxylic acids is 3. The summed E-state index contributed by atoms with van der Waals surface area (Å²) in [5.74, 6) is -1.48. The highest BCUT2D eigenvalue weighted by molar-refractivity contribution is 7.47. The second kappa shape index (κ2) is 49.1. The van der Waals surface area contributed by atoms with Crippen molar-refractivity contribution in [2.45, 2.75) is 264 Å².